The zero-order valence-corrected chi connectivity index (χ0v) is 11.5. The van der Waals surface area contributed by atoms with Crippen LogP contribution in [0.5, 0.6) is 0 Å². The van der Waals surface area contributed by atoms with Crippen LogP contribution >= 0.6 is 11.6 Å². The number of carbonyl (C=O) groups is 1. The molecule has 0 aliphatic rings. The Balaban J connectivity index is 1.75. The van der Waals surface area contributed by atoms with Crippen molar-refractivity contribution in [3.05, 3.63) is 65.8 Å². The van der Waals surface area contributed by atoms with Gasteiger partial charge in [-0.2, -0.15) is 5.10 Å². The highest BCUT2D eigenvalue weighted by atomic mass is 35.5. The van der Waals surface area contributed by atoms with Crippen LogP contribution in [-0.4, -0.2) is 25.7 Å². The van der Waals surface area contributed by atoms with E-state index in [9.17, 15) is 4.79 Å². The molecule has 1 amide bonds. The fraction of sp³-hybridized carbons (Fsp3) is 0. The molecule has 1 aromatic carbocycles. The molecule has 3 aromatic rings. The molecule has 6 nitrogen and oxygen atoms in total. The molecule has 0 saturated heterocycles. The molecule has 0 unspecified atom stereocenters. The zero-order valence-electron chi connectivity index (χ0n) is 10.8. The van der Waals surface area contributed by atoms with Gasteiger partial charge in [-0.25, -0.2) is 14.6 Å². The lowest BCUT2D eigenvalue weighted by Crippen LogP contribution is -2.12. The fourth-order valence-corrected chi connectivity index (χ4v) is 1.95. The van der Waals surface area contributed by atoms with E-state index in [4.69, 9.17) is 11.6 Å². The number of hydrogen-bond donors (Lipinski definition) is 1. The molecule has 2 aromatic heterocycles. The lowest BCUT2D eigenvalue weighted by Gasteiger charge is -2.06. The van der Waals surface area contributed by atoms with Gasteiger partial charge in [0, 0.05) is 10.6 Å². The second-order valence-electron chi connectivity index (χ2n) is 4.21. The number of pyridine rings is 1. The van der Waals surface area contributed by atoms with Crippen LogP contribution < -0.4 is 5.32 Å². The predicted molar refractivity (Wildman–Crippen MR) is 78.6 cm³/mol. The molecular weight excluding hydrogens is 290 g/mol. The van der Waals surface area contributed by atoms with Gasteiger partial charge in [0.2, 0.25) is 0 Å². The predicted octanol–water partition coefficient (Wildman–Crippen LogP) is 2.57. The lowest BCUT2D eigenvalue weighted by atomic mass is 10.2. The first-order chi connectivity index (χ1) is 10.2. The molecule has 1 N–H and O–H groups in total. The van der Waals surface area contributed by atoms with Gasteiger partial charge in [0.25, 0.3) is 5.91 Å². The van der Waals surface area contributed by atoms with E-state index < -0.39 is 0 Å². The Morgan fingerprint density at radius 3 is 2.81 bits per heavy atom. The molecule has 0 aliphatic carbocycles. The van der Waals surface area contributed by atoms with Crippen molar-refractivity contribution in [2.75, 3.05) is 5.32 Å². The van der Waals surface area contributed by atoms with E-state index in [-0.39, 0.29) is 5.91 Å². The number of amides is 1. The lowest BCUT2D eigenvalue weighted by molar-refractivity contribution is 0.102. The minimum atomic E-state index is -0.243. The Bertz CT molecular complexity index is 755. The SMILES string of the molecule is O=C(Nc1ccc(-n2cncn2)nc1)c1cccc(Cl)c1. The number of aromatic nitrogens is 4. The smallest absolute Gasteiger partial charge is 0.255 e. The molecule has 21 heavy (non-hydrogen) atoms. The average Bonchev–Trinajstić information content (AvgIpc) is 3.02. The number of carbonyl (C=O) groups excluding carboxylic acids is 1. The van der Waals surface area contributed by atoms with Gasteiger partial charge < -0.3 is 5.32 Å². The zero-order chi connectivity index (χ0) is 14.7. The Morgan fingerprint density at radius 1 is 1.24 bits per heavy atom. The number of nitrogens with one attached hydrogen (secondary N) is 1. The van der Waals surface area contributed by atoms with Crippen molar-refractivity contribution in [3.63, 3.8) is 0 Å². The van der Waals surface area contributed by atoms with Gasteiger partial charge in [-0.05, 0) is 30.3 Å². The highest BCUT2D eigenvalue weighted by molar-refractivity contribution is 6.31. The summed E-state index contributed by atoms with van der Waals surface area (Å²) in [6.45, 7) is 0. The van der Waals surface area contributed by atoms with E-state index in [1.165, 1.54) is 11.0 Å². The Morgan fingerprint density at radius 2 is 2.14 bits per heavy atom. The van der Waals surface area contributed by atoms with Crippen molar-refractivity contribution in [1.82, 2.24) is 19.7 Å². The third-order valence-electron chi connectivity index (χ3n) is 2.75. The van der Waals surface area contributed by atoms with Crippen LogP contribution in [0.25, 0.3) is 5.82 Å². The third-order valence-corrected chi connectivity index (χ3v) is 2.98. The van der Waals surface area contributed by atoms with Gasteiger partial charge in [0.05, 0.1) is 11.9 Å². The normalized spacial score (nSPS) is 10.3. The van der Waals surface area contributed by atoms with Gasteiger partial charge in [-0.15, -0.1) is 0 Å². The largest absolute Gasteiger partial charge is 0.321 e. The summed E-state index contributed by atoms with van der Waals surface area (Å²) in [6, 6.07) is 10.2. The Kier molecular flexibility index (Phi) is 3.61. The summed E-state index contributed by atoms with van der Waals surface area (Å²) in [5.74, 6) is 0.376. The maximum atomic E-state index is 12.1. The van der Waals surface area contributed by atoms with Gasteiger partial charge in [-0.1, -0.05) is 17.7 Å². The fourth-order valence-electron chi connectivity index (χ4n) is 1.76. The molecule has 3 rings (SSSR count). The van der Waals surface area contributed by atoms with E-state index in [0.29, 0.717) is 22.1 Å². The molecule has 0 atom stereocenters. The van der Waals surface area contributed by atoms with Crippen molar-refractivity contribution in [2.45, 2.75) is 0 Å². The number of hydrogen-bond acceptors (Lipinski definition) is 4. The van der Waals surface area contributed by atoms with Crippen LogP contribution in [-0.2, 0) is 0 Å². The summed E-state index contributed by atoms with van der Waals surface area (Å²) in [5, 5.41) is 7.24. The van der Waals surface area contributed by atoms with Crippen LogP contribution in [0.15, 0.2) is 55.2 Å². The quantitative estimate of drug-likeness (QED) is 0.806. The monoisotopic (exact) mass is 299 g/mol. The maximum absolute atomic E-state index is 12.1. The van der Waals surface area contributed by atoms with Crippen molar-refractivity contribution in [2.24, 2.45) is 0 Å². The average molecular weight is 300 g/mol. The number of halogens is 1. The van der Waals surface area contributed by atoms with Crippen LogP contribution in [0.1, 0.15) is 10.4 Å². The molecule has 0 radical (unpaired) electrons. The number of nitrogens with zero attached hydrogens (tertiary/aromatic N) is 4. The summed E-state index contributed by atoms with van der Waals surface area (Å²) >= 11 is 5.86. The van der Waals surface area contributed by atoms with Gasteiger partial charge in [-0.3, -0.25) is 4.79 Å². The molecule has 104 valence electrons. The molecular formula is C14H10ClN5O. The first-order valence-corrected chi connectivity index (χ1v) is 6.48. The van der Waals surface area contributed by atoms with E-state index in [1.807, 2.05) is 0 Å². The Hall–Kier alpha value is -2.73. The topological polar surface area (TPSA) is 72.7 Å². The Labute approximate surface area is 125 Å². The number of anilines is 1. The molecule has 7 heteroatoms. The summed E-state index contributed by atoms with van der Waals surface area (Å²) in [7, 11) is 0. The summed E-state index contributed by atoms with van der Waals surface area (Å²) in [5.41, 5.74) is 1.08. The van der Waals surface area contributed by atoms with Crippen molar-refractivity contribution in [1.29, 1.82) is 0 Å². The van der Waals surface area contributed by atoms with Crippen molar-refractivity contribution >= 4 is 23.2 Å². The number of benzene rings is 1. The van der Waals surface area contributed by atoms with Crippen LogP contribution in [0.3, 0.4) is 0 Å². The molecule has 0 bridgehead atoms. The van der Waals surface area contributed by atoms with Crippen molar-refractivity contribution < 1.29 is 4.79 Å². The highest BCUT2D eigenvalue weighted by Gasteiger charge is 2.07. The van der Waals surface area contributed by atoms with E-state index in [1.54, 1.807) is 48.9 Å². The van der Waals surface area contributed by atoms with Gasteiger partial charge >= 0.3 is 0 Å². The highest BCUT2D eigenvalue weighted by Crippen LogP contribution is 2.14. The second-order valence-corrected chi connectivity index (χ2v) is 4.65. The van der Waals surface area contributed by atoms with Crippen LogP contribution in [0.4, 0.5) is 5.69 Å². The van der Waals surface area contributed by atoms with Gasteiger partial charge in [0.15, 0.2) is 5.82 Å². The van der Waals surface area contributed by atoms with Crippen molar-refractivity contribution in [3.8, 4) is 5.82 Å². The molecule has 0 aliphatic heterocycles. The van der Waals surface area contributed by atoms with E-state index in [0.717, 1.165) is 0 Å². The maximum Gasteiger partial charge on any atom is 0.255 e. The second kappa shape index (κ2) is 5.72. The molecule has 0 spiro atoms. The number of rotatable bonds is 3. The van der Waals surface area contributed by atoms with E-state index in [2.05, 4.69) is 20.4 Å². The summed E-state index contributed by atoms with van der Waals surface area (Å²) in [4.78, 5) is 20.1. The first-order valence-electron chi connectivity index (χ1n) is 6.10. The molecule has 2 heterocycles. The first kappa shape index (κ1) is 13.3. The summed E-state index contributed by atoms with van der Waals surface area (Å²) < 4.78 is 1.53. The third kappa shape index (κ3) is 3.06. The minimum Gasteiger partial charge on any atom is -0.321 e. The van der Waals surface area contributed by atoms with Crippen LogP contribution in [0.2, 0.25) is 5.02 Å². The van der Waals surface area contributed by atoms with Crippen LogP contribution in [0, 0.1) is 0 Å². The standard InChI is InChI=1S/C14H10ClN5O/c15-11-3-1-2-10(6-11)14(21)19-12-4-5-13(17-7-12)20-9-16-8-18-20/h1-9H,(H,19,21). The van der Waals surface area contributed by atoms with E-state index >= 15 is 0 Å². The minimum absolute atomic E-state index is 0.243. The molecule has 0 saturated carbocycles. The molecule has 0 fully saturated rings. The van der Waals surface area contributed by atoms with Gasteiger partial charge in [0.1, 0.15) is 12.7 Å². The summed E-state index contributed by atoms with van der Waals surface area (Å²) in [6.07, 6.45) is 4.53.